The molecule has 1 aromatic carbocycles. The number of amides is 1. The molecule has 0 aliphatic heterocycles. The van der Waals surface area contributed by atoms with Crippen LogP contribution in [0, 0.1) is 5.82 Å². The molecule has 4 heteroatoms. The summed E-state index contributed by atoms with van der Waals surface area (Å²) in [6.45, 7) is 4.08. The Bertz CT molecular complexity index is 374. The van der Waals surface area contributed by atoms with E-state index in [4.69, 9.17) is 0 Å². The van der Waals surface area contributed by atoms with Crippen molar-refractivity contribution in [2.24, 2.45) is 0 Å². The molecule has 0 saturated heterocycles. The number of hydrogen-bond acceptors (Lipinski definition) is 1. The first kappa shape index (κ1) is 13.2. The molecule has 1 N–H and O–H groups in total. The Kier molecular flexibility index (Phi) is 4.47. The molecule has 0 aliphatic carbocycles. The molecule has 0 atom stereocenters. The Morgan fingerprint density at radius 3 is 2.75 bits per heavy atom. The zero-order valence-corrected chi connectivity index (χ0v) is 11.0. The number of alkyl halides is 1. The molecule has 1 amide bonds. The second-order valence-electron chi connectivity index (χ2n) is 4.11. The highest BCUT2D eigenvalue weighted by molar-refractivity contribution is 9.10. The van der Waals surface area contributed by atoms with Crippen molar-refractivity contribution in [1.82, 2.24) is 5.32 Å². The van der Waals surface area contributed by atoms with Gasteiger partial charge in [0.25, 0.3) is 0 Å². The van der Waals surface area contributed by atoms with Gasteiger partial charge in [0, 0.05) is 6.54 Å². The predicted molar refractivity (Wildman–Crippen MR) is 66.1 cm³/mol. The van der Waals surface area contributed by atoms with Crippen molar-refractivity contribution in [3.63, 3.8) is 0 Å². The van der Waals surface area contributed by atoms with E-state index in [1.165, 1.54) is 12.1 Å². The minimum absolute atomic E-state index is 0.0658. The Balaban J connectivity index is 2.39. The van der Waals surface area contributed by atoms with Gasteiger partial charge in [-0.1, -0.05) is 28.1 Å². The summed E-state index contributed by atoms with van der Waals surface area (Å²) in [5.41, 5.74) is 0.882. The Hall–Kier alpha value is -0.900. The van der Waals surface area contributed by atoms with Gasteiger partial charge in [-0.2, -0.15) is 0 Å². The van der Waals surface area contributed by atoms with E-state index in [2.05, 4.69) is 21.2 Å². The van der Waals surface area contributed by atoms with Gasteiger partial charge in [0.05, 0.1) is 4.32 Å². The Morgan fingerprint density at radius 2 is 2.19 bits per heavy atom. The molecule has 88 valence electrons. The van der Waals surface area contributed by atoms with Gasteiger partial charge in [0.2, 0.25) is 5.91 Å². The fraction of sp³-hybridized carbons (Fsp3) is 0.417. The van der Waals surface area contributed by atoms with E-state index in [0.29, 0.717) is 13.0 Å². The van der Waals surface area contributed by atoms with Crippen LogP contribution in [0.4, 0.5) is 4.39 Å². The summed E-state index contributed by atoms with van der Waals surface area (Å²) in [5, 5.41) is 2.78. The lowest BCUT2D eigenvalue weighted by molar-refractivity contribution is -0.122. The molecular formula is C12H15BrFNO. The maximum absolute atomic E-state index is 12.8. The summed E-state index contributed by atoms with van der Waals surface area (Å²) in [7, 11) is 0. The van der Waals surface area contributed by atoms with Gasteiger partial charge >= 0.3 is 0 Å². The number of carbonyl (C=O) groups is 1. The third-order valence-corrected chi connectivity index (χ3v) is 2.49. The SMILES string of the molecule is CC(C)(Br)C(=O)NCCc1cccc(F)c1. The number of hydrogen-bond donors (Lipinski definition) is 1. The molecule has 0 aliphatic rings. The van der Waals surface area contributed by atoms with Crippen LogP contribution < -0.4 is 5.32 Å². The zero-order chi connectivity index (χ0) is 12.2. The predicted octanol–water partition coefficient (Wildman–Crippen LogP) is 2.66. The van der Waals surface area contributed by atoms with E-state index in [1.54, 1.807) is 19.9 Å². The molecule has 0 heterocycles. The summed E-state index contributed by atoms with van der Waals surface area (Å²) in [5.74, 6) is -0.312. The fourth-order valence-electron chi connectivity index (χ4n) is 1.22. The lowest BCUT2D eigenvalue weighted by Gasteiger charge is -2.15. The van der Waals surface area contributed by atoms with Crippen LogP contribution >= 0.6 is 15.9 Å². The minimum Gasteiger partial charge on any atom is -0.355 e. The van der Waals surface area contributed by atoms with Crippen LogP contribution in [0.2, 0.25) is 0 Å². The zero-order valence-electron chi connectivity index (χ0n) is 9.39. The smallest absolute Gasteiger partial charge is 0.236 e. The maximum Gasteiger partial charge on any atom is 0.236 e. The molecule has 0 fully saturated rings. The molecule has 1 rings (SSSR count). The molecule has 16 heavy (non-hydrogen) atoms. The van der Waals surface area contributed by atoms with Crippen molar-refractivity contribution >= 4 is 21.8 Å². The third kappa shape index (κ3) is 4.31. The van der Waals surface area contributed by atoms with Crippen LogP contribution in [0.15, 0.2) is 24.3 Å². The van der Waals surface area contributed by atoms with Gasteiger partial charge in [-0.05, 0) is 38.0 Å². The van der Waals surface area contributed by atoms with Crippen molar-refractivity contribution in [3.8, 4) is 0 Å². The number of nitrogens with one attached hydrogen (secondary N) is 1. The van der Waals surface area contributed by atoms with Gasteiger partial charge < -0.3 is 5.32 Å². The van der Waals surface area contributed by atoms with Crippen molar-refractivity contribution in [2.45, 2.75) is 24.6 Å². The van der Waals surface area contributed by atoms with E-state index in [1.807, 2.05) is 6.07 Å². The normalized spacial score (nSPS) is 11.2. The van der Waals surface area contributed by atoms with Gasteiger partial charge in [-0.15, -0.1) is 0 Å². The van der Waals surface area contributed by atoms with E-state index >= 15 is 0 Å². The molecule has 0 bridgehead atoms. The van der Waals surface area contributed by atoms with Crippen LogP contribution in [0.5, 0.6) is 0 Å². The van der Waals surface area contributed by atoms with Crippen molar-refractivity contribution in [1.29, 1.82) is 0 Å². The second kappa shape index (κ2) is 5.43. The van der Waals surface area contributed by atoms with E-state index < -0.39 is 4.32 Å². The van der Waals surface area contributed by atoms with Crippen LogP contribution in [-0.2, 0) is 11.2 Å². The quantitative estimate of drug-likeness (QED) is 0.848. The topological polar surface area (TPSA) is 29.1 Å². The van der Waals surface area contributed by atoms with Crippen LogP contribution in [0.1, 0.15) is 19.4 Å². The molecule has 0 unspecified atom stereocenters. The van der Waals surface area contributed by atoms with Gasteiger partial charge in [-0.3, -0.25) is 4.79 Å². The molecule has 1 aromatic rings. The highest BCUT2D eigenvalue weighted by atomic mass is 79.9. The van der Waals surface area contributed by atoms with E-state index in [9.17, 15) is 9.18 Å². The molecule has 0 spiro atoms. The second-order valence-corrected chi connectivity index (χ2v) is 6.09. The van der Waals surface area contributed by atoms with Crippen molar-refractivity contribution in [3.05, 3.63) is 35.6 Å². The molecule has 2 nitrogen and oxygen atoms in total. The van der Waals surface area contributed by atoms with Crippen LogP contribution in [-0.4, -0.2) is 16.8 Å². The first-order chi connectivity index (χ1) is 7.39. The number of rotatable bonds is 4. The van der Waals surface area contributed by atoms with E-state index in [0.717, 1.165) is 5.56 Å². The molecular weight excluding hydrogens is 273 g/mol. The monoisotopic (exact) mass is 287 g/mol. The van der Waals surface area contributed by atoms with Gasteiger partial charge in [0.15, 0.2) is 0 Å². The molecule has 0 saturated carbocycles. The molecule has 0 radical (unpaired) electrons. The largest absolute Gasteiger partial charge is 0.355 e. The fourth-order valence-corrected chi connectivity index (χ4v) is 1.36. The lowest BCUT2D eigenvalue weighted by atomic mass is 10.1. The summed E-state index contributed by atoms with van der Waals surface area (Å²) in [6.07, 6.45) is 0.632. The first-order valence-corrected chi connectivity index (χ1v) is 5.90. The first-order valence-electron chi connectivity index (χ1n) is 5.11. The average Bonchev–Trinajstić information content (AvgIpc) is 2.16. The third-order valence-electron chi connectivity index (χ3n) is 2.13. The number of benzene rings is 1. The Labute approximate surface area is 103 Å². The number of carbonyl (C=O) groups excluding carboxylic acids is 1. The maximum atomic E-state index is 12.8. The van der Waals surface area contributed by atoms with Crippen molar-refractivity contribution in [2.75, 3.05) is 6.54 Å². The van der Waals surface area contributed by atoms with Gasteiger partial charge in [0.1, 0.15) is 5.82 Å². The summed E-state index contributed by atoms with van der Waals surface area (Å²) in [6, 6.07) is 6.39. The van der Waals surface area contributed by atoms with Crippen molar-refractivity contribution < 1.29 is 9.18 Å². The van der Waals surface area contributed by atoms with Gasteiger partial charge in [-0.25, -0.2) is 4.39 Å². The van der Waals surface area contributed by atoms with Crippen LogP contribution in [0.3, 0.4) is 0 Å². The average molecular weight is 288 g/mol. The van der Waals surface area contributed by atoms with Crippen LogP contribution in [0.25, 0.3) is 0 Å². The number of halogens is 2. The lowest BCUT2D eigenvalue weighted by Crippen LogP contribution is -2.38. The standard InChI is InChI=1S/C12H15BrFNO/c1-12(2,13)11(16)15-7-6-9-4-3-5-10(14)8-9/h3-5,8H,6-7H2,1-2H3,(H,15,16). The highest BCUT2D eigenvalue weighted by Crippen LogP contribution is 2.15. The summed E-state index contributed by atoms with van der Waals surface area (Å²) >= 11 is 3.27. The molecule has 0 aromatic heterocycles. The Morgan fingerprint density at radius 1 is 1.50 bits per heavy atom. The summed E-state index contributed by atoms with van der Waals surface area (Å²) in [4.78, 5) is 11.5. The minimum atomic E-state index is -0.561. The highest BCUT2D eigenvalue weighted by Gasteiger charge is 2.22. The van der Waals surface area contributed by atoms with E-state index in [-0.39, 0.29) is 11.7 Å². The summed E-state index contributed by atoms with van der Waals surface area (Å²) < 4.78 is 12.3.